The fraction of sp³-hybridized carbons (Fsp3) is 0.941. The lowest BCUT2D eigenvalue weighted by atomic mass is 9.99. The number of aliphatic hydroxyl groups excluding tert-OH is 3. The summed E-state index contributed by atoms with van der Waals surface area (Å²) in [5, 5.41) is 30.8. The largest absolute Gasteiger partial charge is 0.457 e. The zero-order valence-electron chi connectivity index (χ0n) is 40.9. The summed E-state index contributed by atoms with van der Waals surface area (Å²) in [7, 11) is -5.06. The summed E-state index contributed by atoms with van der Waals surface area (Å²) in [6, 6.07) is 0. The highest BCUT2D eigenvalue weighted by molar-refractivity contribution is 7.80. The number of allylic oxidation sites excluding steroid dienone is 2. The molecule has 1 aliphatic heterocycles. The quantitative estimate of drug-likeness (QED) is 0.0197. The van der Waals surface area contributed by atoms with Gasteiger partial charge in [0, 0.05) is 13.0 Å². The Bertz CT molecular complexity index is 1170. The monoisotopic (exact) mass is 935 g/mol. The lowest BCUT2D eigenvalue weighted by molar-refractivity contribution is -0.301. The molecule has 13 heteroatoms. The van der Waals surface area contributed by atoms with E-state index in [1.54, 1.807) is 0 Å². The summed E-state index contributed by atoms with van der Waals surface area (Å²) in [6.45, 7) is 4.04. The van der Waals surface area contributed by atoms with Crippen molar-refractivity contribution in [1.82, 2.24) is 0 Å². The molecule has 1 rings (SSSR count). The molecule has 380 valence electrons. The molecule has 0 amide bonds. The highest BCUT2D eigenvalue weighted by Crippen LogP contribution is 2.26. The molecule has 1 fully saturated rings. The third-order valence-corrected chi connectivity index (χ3v) is 12.9. The highest BCUT2D eigenvalue weighted by Gasteiger charge is 2.48. The van der Waals surface area contributed by atoms with E-state index in [1.165, 1.54) is 173 Å². The van der Waals surface area contributed by atoms with Crippen LogP contribution in [0.4, 0.5) is 0 Å². The summed E-state index contributed by atoms with van der Waals surface area (Å²) in [6.07, 6.45) is 39.6. The minimum absolute atomic E-state index is 0.0406. The van der Waals surface area contributed by atoms with Gasteiger partial charge in [-0.25, -0.2) is 4.18 Å². The molecule has 0 saturated carbocycles. The van der Waals surface area contributed by atoms with Crippen LogP contribution in [0.1, 0.15) is 245 Å². The van der Waals surface area contributed by atoms with Gasteiger partial charge in [-0.1, -0.05) is 212 Å². The summed E-state index contributed by atoms with van der Waals surface area (Å²) in [5.41, 5.74) is 0. The number of aliphatic hydroxyl groups is 3. The standard InChI is InChI=1S/C51H98O12S/c1-3-5-7-9-11-13-15-17-19-21-22-23-25-27-29-31-33-35-37-39-41-59-43-45(44-60-51-49(55)50(63-64(56,57)58)48(54)46(42-52)62-51)61-47(53)40-38-36-34-32-30-28-26-24-20-18-16-14-12-10-8-6-4-2/h18,20,45-46,48-52,54-55H,3-17,19,21-44H2,1-2H3,(H,56,57,58)/b20-18-. The Balaban J connectivity index is 2.33. The lowest BCUT2D eigenvalue weighted by Gasteiger charge is -2.41. The van der Waals surface area contributed by atoms with Crippen molar-refractivity contribution in [2.75, 3.05) is 26.4 Å². The van der Waals surface area contributed by atoms with Crippen LogP contribution < -0.4 is 0 Å². The normalized spacial score (nSPS) is 19.8. The maximum atomic E-state index is 12.9. The average Bonchev–Trinajstić information content (AvgIpc) is 3.27. The van der Waals surface area contributed by atoms with Gasteiger partial charge in [0.15, 0.2) is 6.29 Å². The summed E-state index contributed by atoms with van der Waals surface area (Å²) >= 11 is 0. The number of carbonyl (C=O) groups is 1. The van der Waals surface area contributed by atoms with Crippen molar-refractivity contribution < 1.29 is 56.2 Å². The number of unbranched alkanes of at least 4 members (excludes halogenated alkanes) is 32. The molecule has 0 aromatic rings. The number of hydrogen-bond acceptors (Lipinski definition) is 11. The van der Waals surface area contributed by atoms with E-state index < -0.39 is 59.8 Å². The Morgan fingerprint density at radius 3 is 1.41 bits per heavy atom. The van der Waals surface area contributed by atoms with Gasteiger partial charge in [0.2, 0.25) is 0 Å². The highest BCUT2D eigenvalue weighted by atomic mass is 32.3. The maximum Gasteiger partial charge on any atom is 0.397 e. The molecule has 64 heavy (non-hydrogen) atoms. The molecule has 0 aliphatic carbocycles. The van der Waals surface area contributed by atoms with Gasteiger partial charge < -0.3 is 34.3 Å². The fourth-order valence-electron chi connectivity index (χ4n) is 8.38. The smallest absolute Gasteiger partial charge is 0.397 e. The van der Waals surface area contributed by atoms with E-state index >= 15 is 0 Å². The molecule has 0 bridgehead atoms. The average molecular weight is 935 g/mol. The Hall–Kier alpha value is -1.16. The number of hydrogen-bond donors (Lipinski definition) is 4. The molecule has 0 aromatic carbocycles. The molecule has 0 aromatic heterocycles. The molecular formula is C51H98O12S. The number of esters is 1. The van der Waals surface area contributed by atoms with Crippen molar-refractivity contribution in [3.05, 3.63) is 12.2 Å². The minimum Gasteiger partial charge on any atom is -0.457 e. The van der Waals surface area contributed by atoms with Crippen molar-refractivity contribution in [2.24, 2.45) is 0 Å². The maximum absolute atomic E-state index is 12.9. The van der Waals surface area contributed by atoms with Crippen LogP contribution in [-0.4, -0.2) is 97.5 Å². The van der Waals surface area contributed by atoms with E-state index in [0.29, 0.717) is 13.0 Å². The third-order valence-electron chi connectivity index (χ3n) is 12.4. The molecule has 6 atom stereocenters. The van der Waals surface area contributed by atoms with E-state index in [-0.39, 0.29) is 19.6 Å². The first-order valence-corrected chi connectivity index (χ1v) is 27.8. The van der Waals surface area contributed by atoms with E-state index in [9.17, 15) is 33.1 Å². The van der Waals surface area contributed by atoms with Crippen molar-refractivity contribution in [3.63, 3.8) is 0 Å². The summed E-state index contributed by atoms with van der Waals surface area (Å²) < 4.78 is 59.3. The van der Waals surface area contributed by atoms with Gasteiger partial charge in [0.25, 0.3) is 0 Å². The third kappa shape index (κ3) is 36.0. The van der Waals surface area contributed by atoms with Gasteiger partial charge in [0.1, 0.15) is 30.5 Å². The van der Waals surface area contributed by atoms with Gasteiger partial charge in [-0.2, -0.15) is 8.42 Å². The Kier molecular flexibility index (Phi) is 41.0. The number of rotatable bonds is 47. The Morgan fingerprint density at radius 1 is 0.578 bits per heavy atom. The Labute approximate surface area is 391 Å². The van der Waals surface area contributed by atoms with Crippen LogP contribution >= 0.6 is 0 Å². The molecule has 1 heterocycles. The molecule has 1 aliphatic rings. The van der Waals surface area contributed by atoms with Crippen LogP contribution in [0.25, 0.3) is 0 Å². The second-order valence-electron chi connectivity index (χ2n) is 18.5. The van der Waals surface area contributed by atoms with Crippen molar-refractivity contribution in [3.8, 4) is 0 Å². The molecule has 1 saturated heterocycles. The summed E-state index contributed by atoms with van der Waals surface area (Å²) in [4.78, 5) is 12.9. The predicted molar refractivity (Wildman–Crippen MR) is 258 cm³/mol. The molecule has 0 radical (unpaired) electrons. The fourth-order valence-corrected chi connectivity index (χ4v) is 8.88. The van der Waals surface area contributed by atoms with Crippen LogP contribution in [0.2, 0.25) is 0 Å². The Morgan fingerprint density at radius 2 is 0.984 bits per heavy atom. The minimum atomic E-state index is -5.06. The second kappa shape index (κ2) is 43.1. The first kappa shape index (κ1) is 60.9. The van der Waals surface area contributed by atoms with Crippen LogP contribution in [0.5, 0.6) is 0 Å². The van der Waals surface area contributed by atoms with Crippen LogP contribution in [-0.2, 0) is 38.3 Å². The van der Waals surface area contributed by atoms with E-state index in [4.69, 9.17) is 18.9 Å². The molecular weight excluding hydrogens is 837 g/mol. The molecule has 0 spiro atoms. The first-order chi connectivity index (χ1) is 31.1. The van der Waals surface area contributed by atoms with Crippen molar-refractivity contribution >= 4 is 16.4 Å². The molecule has 12 nitrogen and oxygen atoms in total. The van der Waals surface area contributed by atoms with E-state index in [0.717, 1.165) is 44.9 Å². The predicted octanol–water partition coefficient (Wildman–Crippen LogP) is 12.2. The molecule has 6 unspecified atom stereocenters. The van der Waals surface area contributed by atoms with Crippen LogP contribution in [0.3, 0.4) is 0 Å². The zero-order valence-corrected chi connectivity index (χ0v) is 41.7. The number of carbonyl (C=O) groups excluding carboxylic acids is 1. The topological polar surface area (TPSA) is 178 Å². The van der Waals surface area contributed by atoms with E-state index in [2.05, 4.69) is 30.2 Å². The molecule has 4 N–H and O–H groups in total. The van der Waals surface area contributed by atoms with Gasteiger partial charge in [-0.05, 0) is 38.5 Å². The lowest BCUT2D eigenvalue weighted by Crippen LogP contribution is -2.60. The first-order valence-electron chi connectivity index (χ1n) is 26.4. The van der Waals surface area contributed by atoms with Crippen LogP contribution in [0, 0.1) is 0 Å². The van der Waals surface area contributed by atoms with Gasteiger partial charge >= 0.3 is 16.4 Å². The van der Waals surface area contributed by atoms with Crippen molar-refractivity contribution in [2.45, 2.75) is 282 Å². The van der Waals surface area contributed by atoms with Gasteiger partial charge in [-0.15, -0.1) is 0 Å². The van der Waals surface area contributed by atoms with Crippen molar-refractivity contribution in [1.29, 1.82) is 0 Å². The zero-order chi connectivity index (χ0) is 46.8. The SMILES string of the molecule is CCCCCCCC/C=C\CCCCCCCCCC(=O)OC(COCCCCCCCCCCCCCCCCCCCCCC)COC1OC(CO)C(O)C(OS(=O)(=O)O)C1O. The number of ether oxygens (including phenoxy) is 4. The van der Waals surface area contributed by atoms with Gasteiger partial charge in [-0.3, -0.25) is 9.35 Å². The van der Waals surface area contributed by atoms with Gasteiger partial charge in [0.05, 0.1) is 19.8 Å². The summed E-state index contributed by atoms with van der Waals surface area (Å²) in [5.74, 6) is -0.398. The van der Waals surface area contributed by atoms with E-state index in [1.807, 2.05) is 0 Å². The second-order valence-corrected chi connectivity index (χ2v) is 19.5. The van der Waals surface area contributed by atoms with Crippen LogP contribution in [0.15, 0.2) is 12.2 Å².